The molecule has 0 fully saturated rings. The SMILES string of the molecule is Cn1cnc2c1CN=CC2. The lowest BCUT2D eigenvalue weighted by Crippen LogP contribution is -2.03. The number of nitrogens with zero attached hydrogens (tertiary/aromatic N) is 3. The molecule has 0 N–H and O–H groups in total. The summed E-state index contributed by atoms with van der Waals surface area (Å²) in [5.41, 5.74) is 2.43. The quantitative estimate of drug-likeness (QED) is 0.511. The molecule has 0 unspecified atom stereocenters. The zero-order chi connectivity index (χ0) is 6.97. The molecule has 0 saturated heterocycles. The Balaban J connectivity index is 2.50. The third kappa shape index (κ3) is 0.667. The van der Waals surface area contributed by atoms with Crippen LogP contribution in [0.1, 0.15) is 11.4 Å². The Hall–Kier alpha value is -1.12. The summed E-state index contributed by atoms with van der Waals surface area (Å²) in [5.74, 6) is 0. The summed E-state index contributed by atoms with van der Waals surface area (Å²) in [4.78, 5) is 8.39. The van der Waals surface area contributed by atoms with E-state index in [-0.39, 0.29) is 0 Å². The lowest BCUT2D eigenvalue weighted by Gasteiger charge is -2.04. The van der Waals surface area contributed by atoms with Gasteiger partial charge in [-0.05, 0) is 0 Å². The normalized spacial score (nSPS) is 15.3. The Morgan fingerprint density at radius 1 is 1.60 bits per heavy atom. The summed E-state index contributed by atoms with van der Waals surface area (Å²) in [6.07, 6.45) is 4.67. The van der Waals surface area contributed by atoms with Gasteiger partial charge in [-0.15, -0.1) is 0 Å². The van der Waals surface area contributed by atoms with E-state index in [1.807, 2.05) is 24.2 Å². The predicted octanol–water partition coefficient (Wildman–Crippen LogP) is 0.547. The zero-order valence-electron chi connectivity index (χ0n) is 5.91. The monoisotopic (exact) mass is 135 g/mol. The van der Waals surface area contributed by atoms with Crippen molar-refractivity contribution in [3.63, 3.8) is 0 Å². The van der Waals surface area contributed by atoms with Crippen molar-refractivity contribution in [2.45, 2.75) is 13.0 Å². The number of aryl methyl sites for hydroxylation is 1. The molecule has 0 aromatic carbocycles. The Labute approximate surface area is 59.4 Å². The van der Waals surface area contributed by atoms with E-state index in [0.717, 1.165) is 13.0 Å². The van der Waals surface area contributed by atoms with Crippen molar-refractivity contribution in [2.24, 2.45) is 12.0 Å². The van der Waals surface area contributed by atoms with E-state index in [0.29, 0.717) is 0 Å². The number of hydrogen-bond donors (Lipinski definition) is 0. The molecule has 3 nitrogen and oxygen atoms in total. The van der Waals surface area contributed by atoms with Gasteiger partial charge < -0.3 is 4.57 Å². The highest BCUT2D eigenvalue weighted by molar-refractivity contribution is 5.62. The van der Waals surface area contributed by atoms with Gasteiger partial charge >= 0.3 is 0 Å². The van der Waals surface area contributed by atoms with Crippen LogP contribution in [0.4, 0.5) is 0 Å². The number of imidazole rings is 1. The van der Waals surface area contributed by atoms with Gasteiger partial charge in [0.15, 0.2) is 0 Å². The molecular formula is C7H9N3. The first-order chi connectivity index (χ1) is 4.88. The molecule has 2 rings (SSSR count). The van der Waals surface area contributed by atoms with Crippen LogP contribution >= 0.6 is 0 Å². The van der Waals surface area contributed by atoms with E-state index < -0.39 is 0 Å². The Kier molecular flexibility index (Phi) is 1.09. The summed E-state index contributed by atoms with van der Waals surface area (Å²) in [5, 5.41) is 0. The van der Waals surface area contributed by atoms with Gasteiger partial charge in [-0.1, -0.05) is 0 Å². The minimum absolute atomic E-state index is 0.797. The van der Waals surface area contributed by atoms with E-state index in [1.54, 1.807) is 0 Å². The molecule has 0 bridgehead atoms. The molecule has 3 heteroatoms. The van der Waals surface area contributed by atoms with Gasteiger partial charge in [0.05, 0.1) is 24.3 Å². The van der Waals surface area contributed by atoms with Crippen LogP contribution in [0.5, 0.6) is 0 Å². The van der Waals surface area contributed by atoms with Gasteiger partial charge in [0.2, 0.25) is 0 Å². The van der Waals surface area contributed by atoms with Gasteiger partial charge in [0.1, 0.15) is 0 Å². The van der Waals surface area contributed by atoms with Gasteiger partial charge in [-0.2, -0.15) is 0 Å². The number of aliphatic imine (C=N–C) groups is 1. The lowest BCUT2D eigenvalue weighted by atomic mass is 10.2. The molecule has 0 amide bonds. The van der Waals surface area contributed by atoms with Crippen molar-refractivity contribution in [1.82, 2.24) is 9.55 Å². The Morgan fingerprint density at radius 2 is 2.50 bits per heavy atom. The average molecular weight is 135 g/mol. The smallest absolute Gasteiger partial charge is 0.0949 e. The Bertz CT molecular complexity index is 272. The second kappa shape index (κ2) is 1.94. The fourth-order valence-electron chi connectivity index (χ4n) is 1.18. The van der Waals surface area contributed by atoms with Crippen molar-refractivity contribution >= 4 is 6.21 Å². The molecule has 0 spiro atoms. The molecule has 1 aromatic heterocycles. The van der Waals surface area contributed by atoms with Crippen molar-refractivity contribution in [3.8, 4) is 0 Å². The van der Waals surface area contributed by atoms with Crippen LogP contribution in [0.25, 0.3) is 0 Å². The molecule has 1 aliphatic heterocycles. The maximum Gasteiger partial charge on any atom is 0.0949 e. The van der Waals surface area contributed by atoms with Crippen LogP contribution in [0.15, 0.2) is 11.3 Å². The molecule has 2 heterocycles. The highest BCUT2D eigenvalue weighted by Crippen LogP contribution is 2.10. The number of hydrogen-bond acceptors (Lipinski definition) is 2. The van der Waals surface area contributed by atoms with Gasteiger partial charge in [0, 0.05) is 19.7 Å². The molecular weight excluding hydrogens is 126 g/mol. The van der Waals surface area contributed by atoms with Crippen LogP contribution in [0, 0.1) is 0 Å². The van der Waals surface area contributed by atoms with E-state index in [1.165, 1.54) is 11.4 Å². The summed E-state index contributed by atoms with van der Waals surface area (Å²) in [6, 6.07) is 0. The summed E-state index contributed by atoms with van der Waals surface area (Å²) in [6.45, 7) is 0.797. The molecule has 10 heavy (non-hydrogen) atoms. The predicted molar refractivity (Wildman–Crippen MR) is 39.1 cm³/mol. The summed E-state index contributed by atoms with van der Waals surface area (Å²) in [7, 11) is 2.01. The number of fused-ring (bicyclic) bond motifs is 1. The molecule has 1 aromatic rings. The van der Waals surface area contributed by atoms with Gasteiger partial charge in [-0.3, -0.25) is 4.99 Å². The highest BCUT2D eigenvalue weighted by Gasteiger charge is 2.09. The fourth-order valence-corrected chi connectivity index (χ4v) is 1.18. The van der Waals surface area contributed by atoms with Crippen molar-refractivity contribution in [1.29, 1.82) is 0 Å². The zero-order valence-corrected chi connectivity index (χ0v) is 5.91. The standard InChI is InChI=1S/C7H9N3/c1-10-5-9-6-2-3-8-4-7(6)10/h3,5H,2,4H2,1H3. The minimum atomic E-state index is 0.797. The van der Waals surface area contributed by atoms with E-state index in [4.69, 9.17) is 0 Å². The van der Waals surface area contributed by atoms with Crippen LogP contribution < -0.4 is 0 Å². The van der Waals surface area contributed by atoms with Crippen molar-refractivity contribution in [3.05, 3.63) is 17.7 Å². The number of rotatable bonds is 0. The Morgan fingerprint density at radius 3 is 3.30 bits per heavy atom. The van der Waals surface area contributed by atoms with Crippen LogP contribution in [0.3, 0.4) is 0 Å². The molecule has 0 atom stereocenters. The highest BCUT2D eigenvalue weighted by atomic mass is 15.1. The van der Waals surface area contributed by atoms with E-state index in [9.17, 15) is 0 Å². The van der Waals surface area contributed by atoms with E-state index >= 15 is 0 Å². The third-order valence-electron chi connectivity index (χ3n) is 1.80. The van der Waals surface area contributed by atoms with Crippen molar-refractivity contribution < 1.29 is 0 Å². The first-order valence-corrected chi connectivity index (χ1v) is 3.35. The molecule has 1 aliphatic rings. The summed E-state index contributed by atoms with van der Waals surface area (Å²) < 4.78 is 2.03. The molecule has 0 saturated carbocycles. The first kappa shape index (κ1) is 5.65. The second-order valence-corrected chi connectivity index (χ2v) is 2.48. The van der Waals surface area contributed by atoms with Crippen LogP contribution in [-0.2, 0) is 20.0 Å². The van der Waals surface area contributed by atoms with Crippen LogP contribution in [-0.4, -0.2) is 15.8 Å². The fraction of sp³-hybridized carbons (Fsp3) is 0.429. The number of aromatic nitrogens is 2. The maximum atomic E-state index is 4.23. The second-order valence-electron chi connectivity index (χ2n) is 2.48. The van der Waals surface area contributed by atoms with Crippen molar-refractivity contribution in [2.75, 3.05) is 0 Å². The minimum Gasteiger partial charge on any atom is -0.336 e. The average Bonchev–Trinajstić information content (AvgIpc) is 2.34. The van der Waals surface area contributed by atoms with E-state index in [2.05, 4.69) is 9.98 Å². The van der Waals surface area contributed by atoms with Crippen LogP contribution in [0.2, 0.25) is 0 Å². The lowest BCUT2D eigenvalue weighted by molar-refractivity contribution is 0.807. The molecule has 0 aliphatic carbocycles. The van der Waals surface area contributed by atoms with Gasteiger partial charge in [0.25, 0.3) is 0 Å². The third-order valence-corrected chi connectivity index (χ3v) is 1.80. The topological polar surface area (TPSA) is 30.2 Å². The first-order valence-electron chi connectivity index (χ1n) is 3.35. The molecule has 52 valence electrons. The molecule has 0 radical (unpaired) electrons. The van der Waals surface area contributed by atoms with Gasteiger partial charge in [-0.25, -0.2) is 4.98 Å². The summed E-state index contributed by atoms with van der Waals surface area (Å²) >= 11 is 0. The largest absolute Gasteiger partial charge is 0.336 e. The maximum absolute atomic E-state index is 4.23.